The minimum Gasteiger partial charge on any atom is -0.368 e. The summed E-state index contributed by atoms with van der Waals surface area (Å²) in [5.74, 6) is 0. The predicted molar refractivity (Wildman–Crippen MR) is 98.6 cm³/mol. The lowest BCUT2D eigenvalue weighted by Gasteiger charge is -2.32. The van der Waals surface area contributed by atoms with Gasteiger partial charge in [-0.2, -0.15) is 0 Å². The van der Waals surface area contributed by atoms with Crippen molar-refractivity contribution in [3.8, 4) is 0 Å². The Morgan fingerprint density at radius 3 is 1.91 bits per heavy atom. The first kappa shape index (κ1) is 16.9. The first-order valence-corrected chi connectivity index (χ1v) is 8.31. The van der Waals surface area contributed by atoms with E-state index < -0.39 is 0 Å². The van der Waals surface area contributed by atoms with Gasteiger partial charge in [0.25, 0.3) is 0 Å². The number of allylic oxidation sites excluding steroid dienone is 2. The Morgan fingerprint density at radius 2 is 1.50 bits per heavy atom. The molecule has 0 N–H and O–H groups in total. The van der Waals surface area contributed by atoms with Crippen molar-refractivity contribution in [3.05, 3.63) is 53.6 Å². The fourth-order valence-electron chi connectivity index (χ4n) is 2.84. The molecule has 1 aliphatic rings. The molecule has 1 aromatic rings. The van der Waals surface area contributed by atoms with Crippen LogP contribution in [0.1, 0.15) is 53.5 Å². The van der Waals surface area contributed by atoms with Crippen molar-refractivity contribution in [1.29, 1.82) is 0 Å². The molecule has 0 saturated heterocycles. The summed E-state index contributed by atoms with van der Waals surface area (Å²) in [5.41, 5.74) is 4.58. The van der Waals surface area contributed by atoms with E-state index in [0.717, 1.165) is 6.42 Å². The van der Waals surface area contributed by atoms with Gasteiger partial charge in [-0.1, -0.05) is 71.9 Å². The highest BCUT2D eigenvalue weighted by atomic mass is 15.1. The third kappa shape index (κ3) is 3.82. The second-order valence-corrected chi connectivity index (χ2v) is 8.48. The van der Waals surface area contributed by atoms with E-state index in [2.05, 4.69) is 96.0 Å². The van der Waals surface area contributed by atoms with Crippen molar-refractivity contribution >= 4 is 5.69 Å². The van der Waals surface area contributed by atoms with E-state index in [-0.39, 0.29) is 10.8 Å². The molecular formula is C21H31N. The summed E-state index contributed by atoms with van der Waals surface area (Å²) in [5, 5.41) is 0. The molecule has 0 aliphatic heterocycles. The maximum Gasteiger partial charge on any atom is 0.0507 e. The smallest absolute Gasteiger partial charge is 0.0507 e. The largest absolute Gasteiger partial charge is 0.368 e. The normalized spacial score (nSPS) is 19.0. The minimum absolute atomic E-state index is 0.214. The Kier molecular flexibility index (Phi) is 4.56. The van der Waals surface area contributed by atoms with Crippen molar-refractivity contribution in [2.75, 3.05) is 11.9 Å². The molecule has 0 aromatic heterocycles. The monoisotopic (exact) mass is 297 g/mol. The van der Waals surface area contributed by atoms with E-state index in [0.29, 0.717) is 6.04 Å². The molecule has 0 heterocycles. The number of hydrogen-bond acceptors (Lipinski definition) is 1. The second-order valence-electron chi connectivity index (χ2n) is 8.48. The molecule has 1 nitrogen and oxygen atoms in total. The zero-order valence-corrected chi connectivity index (χ0v) is 15.3. The molecule has 0 radical (unpaired) electrons. The predicted octanol–water partition coefficient (Wildman–Crippen LogP) is 5.72. The Labute approximate surface area is 136 Å². The van der Waals surface area contributed by atoms with E-state index in [1.165, 1.54) is 16.8 Å². The lowest BCUT2D eigenvalue weighted by atomic mass is 9.82. The van der Waals surface area contributed by atoms with Crippen LogP contribution in [0, 0.1) is 5.41 Å². The molecule has 2 rings (SSSR count). The van der Waals surface area contributed by atoms with Gasteiger partial charge in [0.2, 0.25) is 0 Å². The van der Waals surface area contributed by atoms with Crippen molar-refractivity contribution in [2.45, 2.75) is 59.4 Å². The third-order valence-electron chi connectivity index (χ3n) is 4.58. The van der Waals surface area contributed by atoms with Gasteiger partial charge in [-0.15, -0.1) is 0 Å². The average Bonchev–Trinajstić information content (AvgIpc) is 2.45. The third-order valence-corrected chi connectivity index (χ3v) is 4.58. The average molecular weight is 297 g/mol. The number of hydrogen-bond donors (Lipinski definition) is 0. The van der Waals surface area contributed by atoms with Crippen LogP contribution in [-0.2, 0) is 5.41 Å². The Hall–Kier alpha value is -1.50. The molecule has 0 saturated carbocycles. The van der Waals surface area contributed by atoms with Crippen LogP contribution in [0.4, 0.5) is 5.69 Å². The van der Waals surface area contributed by atoms with Crippen LogP contribution in [0.5, 0.6) is 0 Å². The molecule has 1 aliphatic carbocycles. The van der Waals surface area contributed by atoms with Crippen LogP contribution in [0.2, 0.25) is 0 Å². The van der Waals surface area contributed by atoms with Gasteiger partial charge >= 0.3 is 0 Å². The summed E-state index contributed by atoms with van der Waals surface area (Å²) in [7, 11) is 2.19. The van der Waals surface area contributed by atoms with Gasteiger partial charge in [0.1, 0.15) is 0 Å². The highest BCUT2D eigenvalue weighted by molar-refractivity contribution is 5.50. The standard InChI is InChI=1S/C21H31N/c1-20(2,3)16-8-12-18(13-9-16)22(7)19-14-10-17(11-15-19)21(4,5)6/h8-14,19H,15H2,1-7H3. The fraction of sp³-hybridized carbons (Fsp3) is 0.524. The number of rotatable bonds is 2. The first-order chi connectivity index (χ1) is 10.1. The molecule has 1 unspecified atom stereocenters. The summed E-state index contributed by atoms with van der Waals surface area (Å²) in [6, 6.07) is 9.46. The highest BCUT2D eigenvalue weighted by Gasteiger charge is 2.21. The molecule has 1 heteroatoms. The van der Waals surface area contributed by atoms with Gasteiger partial charge in [0.05, 0.1) is 6.04 Å². The SMILES string of the molecule is CN(c1ccc(C(C)(C)C)cc1)C1C=CC(C(C)(C)C)=CC1. The summed E-state index contributed by atoms with van der Waals surface area (Å²) >= 11 is 0. The Balaban J connectivity index is 2.09. The molecule has 0 fully saturated rings. The maximum atomic E-state index is 2.39. The molecule has 0 spiro atoms. The van der Waals surface area contributed by atoms with Crippen LogP contribution in [-0.4, -0.2) is 13.1 Å². The van der Waals surface area contributed by atoms with E-state index in [1.807, 2.05) is 0 Å². The van der Waals surface area contributed by atoms with Crippen molar-refractivity contribution in [3.63, 3.8) is 0 Å². The Morgan fingerprint density at radius 1 is 0.909 bits per heavy atom. The molecule has 120 valence electrons. The van der Waals surface area contributed by atoms with Gasteiger partial charge in [-0.3, -0.25) is 0 Å². The van der Waals surface area contributed by atoms with Crippen molar-refractivity contribution in [1.82, 2.24) is 0 Å². The summed E-state index contributed by atoms with van der Waals surface area (Å²) in [6.45, 7) is 13.6. The van der Waals surface area contributed by atoms with E-state index >= 15 is 0 Å². The van der Waals surface area contributed by atoms with Gasteiger partial charge < -0.3 is 4.90 Å². The van der Waals surface area contributed by atoms with E-state index in [9.17, 15) is 0 Å². The van der Waals surface area contributed by atoms with Gasteiger partial charge in [-0.25, -0.2) is 0 Å². The topological polar surface area (TPSA) is 3.24 Å². The minimum atomic E-state index is 0.214. The zero-order valence-electron chi connectivity index (χ0n) is 15.3. The summed E-state index contributed by atoms with van der Waals surface area (Å²) in [4.78, 5) is 2.37. The van der Waals surface area contributed by atoms with E-state index in [1.54, 1.807) is 0 Å². The molecule has 0 amide bonds. The summed E-state index contributed by atoms with van der Waals surface area (Å²) in [6.07, 6.45) is 8.12. The first-order valence-electron chi connectivity index (χ1n) is 8.31. The number of nitrogens with zero attached hydrogens (tertiary/aromatic N) is 1. The van der Waals surface area contributed by atoms with Crippen molar-refractivity contribution < 1.29 is 0 Å². The maximum absolute atomic E-state index is 2.39. The summed E-state index contributed by atoms with van der Waals surface area (Å²) < 4.78 is 0. The number of likely N-dealkylation sites (N-methyl/N-ethyl adjacent to an activating group) is 1. The number of benzene rings is 1. The van der Waals surface area contributed by atoms with Gasteiger partial charge in [-0.05, 0) is 40.5 Å². The lowest BCUT2D eigenvalue weighted by molar-refractivity contribution is 0.509. The van der Waals surface area contributed by atoms with Gasteiger partial charge in [0.15, 0.2) is 0 Å². The van der Waals surface area contributed by atoms with Crippen LogP contribution in [0.3, 0.4) is 0 Å². The van der Waals surface area contributed by atoms with Crippen molar-refractivity contribution in [2.24, 2.45) is 5.41 Å². The molecule has 1 aromatic carbocycles. The van der Waals surface area contributed by atoms with E-state index in [4.69, 9.17) is 0 Å². The van der Waals surface area contributed by atoms with Crippen LogP contribution in [0.15, 0.2) is 48.1 Å². The Bertz CT molecular complexity index is 561. The fourth-order valence-corrected chi connectivity index (χ4v) is 2.84. The molecule has 0 bridgehead atoms. The zero-order chi connectivity index (χ0) is 16.5. The highest BCUT2D eigenvalue weighted by Crippen LogP contribution is 2.31. The molecule has 22 heavy (non-hydrogen) atoms. The molecular weight excluding hydrogens is 266 g/mol. The lowest BCUT2D eigenvalue weighted by Crippen LogP contribution is -2.31. The van der Waals surface area contributed by atoms with Crippen LogP contribution in [0.25, 0.3) is 0 Å². The van der Waals surface area contributed by atoms with Crippen LogP contribution >= 0.6 is 0 Å². The van der Waals surface area contributed by atoms with Gasteiger partial charge in [0, 0.05) is 12.7 Å². The second kappa shape index (κ2) is 5.95. The molecule has 1 atom stereocenters. The number of anilines is 1. The van der Waals surface area contributed by atoms with Crippen LogP contribution < -0.4 is 4.90 Å². The quantitative estimate of drug-likeness (QED) is 0.674.